The van der Waals surface area contributed by atoms with Gasteiger partial charge in [0.1, 0.15) is 0 Å². The summed E-state index contributed by atoms with van der Waals surface area (Å²) in [6, 6.07) is 0.246. The molecule has 2 rings (SSSR count). The number of hydrogen-bond donors (Lipinski definition) is 1. The fourth-order valence-electron chi connectivity index (χ4n) is 3.46. The van der Waals surface area contributed by atoms with Gasteiger partial charge in [0.15, 0.2) is 0 Å². The van der Waals surface area contributed by atoms with Crippen molar-refractivity contribution in [2.45, 2.75) is 69.6 Å². The molecule has 2 nitrogen and oxygen atoms in total. The van der Waals surface area contributed by atoms with Crippen LogP contribution in [0, 0.1) is 0 Å². The molecule has 1 aliphatic heterocycles. The van der Waals surface area contributed by atoms with Crippen LogP contribution in [0.2, 0.25) is 0 Å². The summed E-state index contributed by atoms with van der Waals surface area (Å²) in [5, 5.41) is 3.63. The fraction of sp³-hybridized carbons (Fsp3) is 1.00. The molecule has 0 bridgehead atoms. The van der Waals surface area contributed by atoms with Gasteiger partial charge in [-0.1, -0.05) is 19.3 Å². The summed E-state index contributed by atoms with van der Waals surface area (Å²) in [4.78, 5) is 2.05. The van der Waals surface area contributed by atoms with E-state index >= 15 is 0 Å². The van der Waals surface area contributed by atoms with E-state index in [1.165, 1.54) is 19.3 Å². The van der Waals surface area contributed by atoms with E-state index < -0.39 is 12.6 Å². The van der Waals surface area contributed by atoms with E-state index in [4.69, 9.17) is 0 Å². The van der Waals surface area contributed by atoms with Crippen molar-refractivity contribution in [3.8, 4) is 0 Å². The first-order valence-electron chi connectivity index (χ1n) is 7.46. The van der Waals surface area contributed by atoms with E-state index in [0.717, 1.165) is 32.4 Å². The van der Waals surface area contributed by atoms with Gasteiger partial charge >= 0.3 is 6.18 Å². The van der Waals surface area contributed by atoms with E-state index in [1.807, 2.05) is 0 Å². The van der Waals surface area contributed by atoms with Gasteiger partial charge in [0.2, 0.25) is 0 Å². The zero-order chi connectivity index (χ0) is 13.9. The molecule has 0 aromatic rings. The van der Waals surface area contributed by atoms with Gasteiger partial charge in [-0.25, -0.2) is 0 Å². The van der Waals surface area contributed by atoms with Gasteiger partial charge in [0, 0.05) is 24.7 Å². The minimum absolute atomic E-state index is 0.0780. The zero-order valence-electron chi connectivity index (χ0n) is 11.7. The third-order valence-corrected chi connectivity index (χ3v) is 4.68. The van der Waals surface area contributed by atoms with Gasteiger partial charge in [-0.15, -0.1) is 0 Å². The Morgan fingerprint density at radius 3 is 2.53 bits per heavy atom. The zero-order valence-corrected chi connectivity index (χ0v) is 11.7. The normalized spacial score (nSPS) is 29.4. The van der Waals surface area contributed by atoms with Crippen molar-refractivity contribution in [1.82, 2.24) is 10.2 Å². The van der Waals surface area contributed by atoms with E-state index in [0.29, 0.717) is 0 Å². The van der Waals surface area contributed by atoms with Gasteiger partial charge in [0.05, 0.1) is 6.42 Å². The molecule has 0 amide bonds. The Kier molecular flexibility index (Phi) is 4.77. The quantitative estimate of drug-likeness (QED) is 0.833. The summed E-state index contributed by atoms with van der Waals surface area (Å²) in [5.74, 6) is 0. The first kappa shape index (κ1) is 15.1. The van der Waals surface area contributed by atoms with Gasteiger partial charge in [-0.05, 0) is 32.7 Å². The van der Waals surface area contributed by atoms with E-state index in [9.17, 15) is 13.2 Å². The van der Waals surface area contributed by atoms with Crippen LogP contribution in [0.3, 0.4) is 0 Å². The minimum atomic E-state index is -4.04. The number of alkyl halides is 3. The highest BCUT2D eigenvalue weighted by Gasteiger charge is 2.38. The van der Waals surface area contributed by atoms with Gasteiger partial charge < -0.3 is 5.32 Å². The van der Waals surface area contributed by atoms with Crippen molar-refractivity contribution in [2.24, 2.45) is 0 Å². The molecular formula is C14H25F3N2. The summed E-state index contributed by atoms with van der Waals surface area (Å²) in [5.41, 5.74) is 0.0780. The first-order valence-corrected chi connectivity index (χ1v) is 7.46. The molecule has 1 aliphatic carbocycles. The molecule has 1 saturated carbocycles. The van der Waals surface area contributed by atoms with Crippen LogP contribution in [-0.2, 0) is 0 Å². The Morgan fingerprint density at radius 1 is 1.21 bits per heavy atom. The van der Waals surface area contributed by atoms with Crippen LogP contribution < -0.4 is 5.32 Å². The maximum Gasteiger partial charge on any atom is 0.390 e. The molecular weight excluding hydrogens is 253 g/mol. The lowest BCUT2D eigenvalue weighted by molar-refractivity contribution is -0.139. The fourth-order valence-corrected chi connectivity index (χ4v) is 3.46. The first-order chi connectivity index (χ1) is 8.90. The summed E-state index contributed by atoms with van der Waals surface area (Å²) in [6.45, 7) is 3.92. The highest BCUT2D eigenvalue weighted by atomic mass is 19.4. The monoisotopic (exact) mass is 278 g/mol. The average molecular weight is 278 g/mol. The second-order valence-electron chi connectivity index (χ2n) is 6.24. The molecule has 0 aromatic heterocycles. The highest BCUT2D eigenvalue weighted by Crippen LogP contribution is 2.32. The molecule has 1 atom stereocenters. The van der Waals surface area contributed by atoms with Crippen molar-refractivity contribution in [3.05, 3.63) is 0 Å². The number of halogens is 3. The maximum atomic E-state index is 12.4. The standard InChI is InChI=1S/C14H25F3N2/c1-12-5-9-18-13(6-3-2-4-7-13)11-19(12)10-8-14(15,16)17/h12,18H,2-11H2,1H3. The molecule has 112 valence electrons. The van der Waals surface area contributed by atoms with E-state index in [-0.39, 0.29) is 18.1 Å². The Labute approximate surface area is 113 Å². The minimum Gasteiger partial charge on any atom is -0.310 e. The number of rotatable bonds is 2. The van der Waals surface area contributed by atoms with Crippen molar-refractivity contribution in [1.29, 1.82) is 0 Å². The summed E-state index contributed by atoms with van der Waals surface area (Å²) >= 11 is 0. The Bertz CT molecular complexity index is 285. The van der Waals surface area contributed by atoms with Crippen LogP contribution in [0.1, 0.15) is 51.9 Å². The Hall–Kier alpha value is -0.290. The van der Waals surface area contributed by atoms with Crippen molar-refractivity contribution in [3.63, 3.8) is 0 Å². The largest absolute Gasteiger partial charge is 0.390 e. The van der Waals surface area contributed by atoms with E-state index in [2.05, 4.69) is 17.1 Å². The van der Waals surface area contributed by atoms with Crippen molar-refractivity contribution >= 4 is 0 Å². The van der Waals surface area contributed by atoms with Gasteiger partial charge in [-0.3, -0.25) is 4.90 Å². The Balaban J connectivity index is 1.98. The van der Waals surface area contributed by atoms with Crippen molar-refractivity contribution < 1.29 is 13.2 Å². The Morgan fingerprint density at radius 2 is 1.89 bits per heavy atom. The van der Waals surface area contributed by atoms with Crippen LogP contribution in [0.4, 0.5) is 13.2 Å². The molecule has 2 fully saturated rings. The second kappa shape index (κ2) is 6.00. The average Bonchev–Trinajstić information content (AvgIpc) is 2.48. The predicted octanol–water partition coefficient (Wildman–Crippen LogP) is 3.33. The topological polar surface area (TPSA) is 15.3 Å². The van der Waals surface area contributed by atoms with Gasteiger partial charge in [-0.2, -0.15) is 13.2 Å². The van der Waals surface area contributed by atoms with Crippen molar-refractivity contribution in [2.75, 3.05) is 19.6 Å². The van der Waals surface area contributed by atoms with Crippen LogP contribution in [0.25, 0.3) is 0 Å². The smallest absolute Gasteiger partial charge is 0.310 e. The number of nitrogens with one attached hydrogen (secondary N) is 1. The second-order valence-corrected chi connectivity index (χ2v) is 6.24. The summed E-state index contributed by atoms with van der Waals surface area (Å²) in [6.07, 6.45) is 2.11. The lowest BCUT2D eigenvalue weighted by Gasteiger charge is -2.41. The van der Waals surface area contributed by atoms with Crippen LogP contribution in [-0.4, -0.2) is 42.3 Å². The van der Waals surface area contributed by atoms with Gasteiger partial charge in [0.25, 0.3) is 0 Å². The molecule has 1 heterocycles. The maximum absolute atomic E-state index is 12.4. The molecule has 19 heavy (non-hydrogen) atoms. The molecule has 0 aromatic carbocycles. The SMILES string of the molecule is CC1CCNC2(CCCCC2)CN1CCC(F)(F)F. The molecule has 1 unspecified atom stereocenters. The van der Waals surface area contributed by atoms with Crippen LogP contribution in [0.5, 0.6) is 0 Å². The van der Waals surface area contributed by atoms with Crippen LogP contribution >= 0.6 is 0 Å². The molecule has 5 heteroatoms. The number of hydrogen-bond acceptors (Lipinski definition) is 2. The lowest BCUT2D eigenvalue weighted by atomic mass is 9.81. The third kappa shape index (κ3) is 4.35. The highest BCUT2D eigenvalue weighted by molar-refractivity contribution is 4.96. The molecule has 1 N–H and O–H groups in total. The molecule has 1 saturated heterocycles. The molecule has 0 radical (unpaired) electrons. The molecule has 2 aliphatic rings. The predicted molar refractivity (Wildman–Crippen MR) is 70.1 cm³/mol. The summed E-state index contributed by atoms with van der Waals surface area (Å²) in [7, 11) is 0. The number of nitrogens with zero attached hydrogens (tertiary/aromatic N) is 1. The lowest BCUT2D eigenvalue weighted by Crippen LogP contribution is -2.53. The van der Waals surface area contributed by atoms with Crippen LogP contribution in [0.15, 0.2) is 0 Å². The third-order valence-electron chi connectivity index (χ3n) is 4.68. The summed E-state index contributed by atoms with van der Waals surface area (Å²) < 4.78 is 37.3. The molecule has 1 spiro atoms. The van der Waals surface area contributed by atoms with E-state index in [1.54, 1.807) is 0 Å².